The first-order valence-corrected chi connectivity index (χ1v) is 7.24. The Labute approximate surface area is 107 Å². The first kappa shape index (κ1) is 12.0. The molecule has 1 fully saturated rings. The fourth-order valence-electron chi connectivity index (χ4n) is 2.42. The molecule has 0 bridgehead atoms. The Morgan fingerprint density at radius 3 is 2.50 bits per heavy atom. The molecule has 0 N–H and O–H groups in total. The highest BCUT2D eigenvalue weighted by Crippen LogP contribution is 2.27. The van der Waals surface area contributed by atoms with E-state index in [0.29, 0.717) is 6.04 Å². The quantitative estimate of drug-likeness (QED) is 0.735. The molecule has 1 aromatic rings. The molecular weight excluding hydrogens is 262 g/mol. The zero-order chi connectivity index (χ0) is 11.5. The predicted molar refractivity (Wildman–Crippen MR) is 74.3 cm³/mol. The van der Waals surface area contributed by atoms with Crippen LogP contribution in [0.4, 0.5) is 5.69 Å². The second-order valence-corrected chi connectivity index (χ2v) is 5.54. The molecule has 1 saturated heterocycles. The normalized spacial score (nSPS) is 25.8. The van der Waals surface area contributed by atoms with Gasteiger partial charge in [0.25, 0.3) is 0 Å². The maximum atomic E-state index is 3.49. The maximum Gasteiger partial charge on any atom is 0.0368 e. The van der Waals surface area contributed by atoms with Gasteiger partial charge in [-0.2, -0.15) is 0 Å². The highest BCUT2D eigenvalue weighted by atomic mass is 79.9. The number of alkyl halides is 1. The van der Waals surface area contributed by atoms with E-state index in [2.05, 4.69) is 58.9 Å². The van der Waals surface area contributed by atoms with E-state index in [1.54, 1.807) is 0 Å². The van der Waals surface area contributed by atoms with E-state index in [1.807, 2.05) is 0 Å². The van der Waals surface area contributed by atoms with Gasteiger partial charge in [-0.3, -0.25) is 0 Å². The number of anilines is 1. The van der Waals surface area contributed by atoms with Gasteiger partial charge in [0.2, 0.25) is 0 Å². The van der Waals surface area contributed by atoms with E-state index in [9.17, 15) is 0 Å². The number of piperidine rings is 1. The lowest BCUT2D eigenvalue weighted by atomic mass is 9.94. The molecule has 1 heterocycles. The molecule has 0 saturated carbocycles. The van der Waals surface area contributed by atoms with Crippen molar-refractivity contribution < 1.29 is 0 Å². The van der Waals surface area contributed by atoms with Gasteiger partial charge in [0, 0.05) is 23.6 Å². The first-order chi connectivity index (χ1) is 7.70. The van der Waals surface area contributed by atoms with Gasteiger partial charge in [-0.15, -0.1) is 0 Å². The van der Waals surface area contributed by atoms with E-state index in [0.717, 1.165) is 11.2 Å². The molecule has 1 nitrogen and oxygen atoms in total. The van der Waals surface area contributed by atoms with E-state index in [-0.39, 0.29) is 0 Å². The van der Waals surface area contributed by atoms with Crippen LogP contribution in [-0.2, 0) is 5.33 Å². The molecule has 88 valence electrons. The smallest absolute Gasteiger partial charge is 0.0368 e. The van der Waals surface area contributed by atoms with Crippen LogP contribution in [0.1, 0.15) is 32.3 Å². The summed E-state index contributed by atoms with van der Waals surface area (Å²) in [5.41, 5.74) is 2.73. The van der Waals surface area contributed by atoms with Crippen LogP contribution >= 0.6 is 15.9 Å². The molecule has 2 atom stereocenters. The van der Waals surface area contributed by atoms with Gasteiger partial charge in [0.1, 0.15) is 0 Å². The summed E-state index contributed by atoms with van der Waals surface area (Å²) < 4.78 is 0. The second-order valence-electron chi connectivity index (χ2n) is 4.98. The third kappa shape index (κ3) is 2.60. The molecule has 0 amide bonds. The molecule has 2 heteroatoms. The van der Waals surface area contributed by atoms with Crippen LogP contribution in [0.25, 0.3) is 0 Å². The van der Waals surface area contributed by atoms with Gasteiger partial charge >= 0.3 is 0 Å². The Morgan fingerprint density at radius 2 is 1.88 bits per heavy atom. The highest BCUT2D eigenvalue weighted by molar-refractivity contribution is 9.08. The Balaban J connectivity index is 2.15. The number of nitrogens with zero attached hydrogens (tertiary/aromatic N) is 1. The molecule has 16 heavy (non-hydrogen) atoms. The van der Waals surface area contributed by atoms with Crippen molar-refractivity contribution in [1.29, 1.82) is 0 Å². The summed E-state index contributed by atoms with van der Waals surface area (Å²) in [6, 6.07) is 9.63. The lowest BCUT2D eigenvalue weighted by molar-refractivity contribution is 0.390. The molecule has 0 aromatic heterocycles. The summed E-state index contributed by atoms with van der Waals surface area (Å²) in [6.45, 7) is 5.89. The van der Waals surface area contributed by atoms with E-state index in [4.69, 9.17) is 0 Å². The largest absolute Gasteiger partial charge is 0.369 e. The van der Waals surface area contributed by atoms with Crippen molar-refractivity contribution in [2.24, 2.45) is 5.92 Å². The van der Waals surface area contributed by atoms with Crippen molar-refractivity contribution in [3.63, 3.8) is 0 Å². The fraction of sp³-hybridized carbons (Fsp3) is 0.571. The number of benzene rings is 1. The summed E-state index contributed by atoms with van der Waals surface area (Å²) in [5, 5.41) is 0.944. The topological polar surface area (TPSA) is 3.24 Å². The van der Waals surface area contributed by atoms with Crippen LogP contribution in [0.3, 0.4) is 0 Å². The van der Waals surface area contributed by atoms with E-state index >= 15 is 0 Å². The lowest BCUT2D eigenvalue weighted by Gasteiger charge is -2.38. The summed E-state index contributed by atoms with van der Waals surface area (Å²) in [6.07, 6.45) is 2.69. The van der Waals surface area contributed by atoms with Crippen LogP contribution in [-0.4, -0.2) is 12.6 Å². The van der Waals surface area contributed by atoms with Crippen LogP contribution in [0.5, 0.6) is 0 Å². The standard InChI is InChI=1S/C14H20BrN/c1-11-3-4-12(2)16(10-11)14-7-5-13(9-15)6-8-14/h5-8,11-12H,3-4,9-10H2,1-2H3. The van der Waals surface area contributed by atoms with E-state index < -0.39 is 0 Å². The van der Waals surface area contributed by atoms with Crippen molar-refractivity contribution in [1.82, 2.24) is 0 Å². The third-order valence-electron chi connectivity index (χ3n) is 3.54. The van der Waals surface area contributed by atoms with Gasteiger partial charge in [-0.1, -0.05) is 35.0 Å². The summed E-state index contributed by atoms with van der Waals surface area (Å²) in [5.74, 6) is 0.826. The minimum absolute atomic E-state index is 0.686. The van der Waals surface area contributed by atoms with Crippen molar-refractivity contribution in [2.75, 3.05) is 11.4 Å². The zero-order valence-electron chi connectivity index (χ0n) is 10.1. The molecular formula is C14H20BrN. The van der Waals surface area contributed by atoms with Crippen LogP contribution in [0.2, 0.25) is 0 Å². The molecule has 2 rings (SSSR count). The Hall–Kier alpha value is -0.500. The van der Waals surface area contributed by atoms with Gasteiger partial charge in [0.15, 0.2) is 0 Å². The first-order valence-electron chi connectivity index (χ1n) is 6.12. The maximum absolute atomic E-state index is 3.49. The highest BCUT2D eigenvalue weighted by Gasteiger charge is 2.22. The monoisotopic (exact) mass is 281 g/mol. The average molecular weight is 282 g/mol. The fourth-order valence-corrected chi connectivity index (χ4v) is 2.80. The second kappa shape index (κ2) is 5.22. The average Bonchev–Trinajstić information content (AvgIpc) is 2.32. The molecule has 1 aromatic carbocycles. The third-order valence-corrected chi connectivity index (χ3v) is 4.19. The van der Waals surface area contributed by atoms with Crippen LogP contribution in [0, 0.1) is 5.92 Å². The zero-order valence-corrected chi connectivity index (χ0v) is 11.7. The van der Waals surface area contributed by atoms with Gasteiger partial charge in [-0.25, -0.2) is 0 Å². The van der Waals surface area contributed by atoms with Gasteiger partial charge < -0.3 is 4.90 Å². The minimum atomic E-state index is 0.686. The molecule has 0 spiro atoms. The van der Waals surface area contributed by atoms with Crippen molar-refractivity contribution in [3.8, 4) is 0 Å². The number of hydrogen-bond acceptors (Lipinski definition) is 1. The summed E-state index contributed by atoms with van der Waals surface area (Å²) in [4.78, 5) is 2.55. The minimum Gasteiger partial charge on any atom is -0.369 e. The molecule has 1 aliphatic heterocycles. The Morgan fingerprint density at radius 1 is 1.19 bits per heavy atom. The number of halogens is 1. The Kier molecular flexibility index (Phi) is 3.91. The molecule has 0 radical (unpaired) electrons. The van der Waals surface area contributed by atoms with Crippen LogP contribution < -0.4 is 4.90 Å². The SMILES string of the molecule is CC1CCC(C)N(c2ccc(CBr)cc2)C1. The number of rotatable bonds is 2. The van der Waals surface area contributed by atoms with Crippen molar-refractivity contribution in [2.45, 2.75) is 38.1 Å². The predicted octanol–water partition coefficient (Wildman–Crippen LogP) is 4.21. The summed E-state index contributed by atoms with van der Waals surface area (Å²) >= 11 is 3.49. The van der Waals surface area contributed by atoms with E-state index in [1.165, 1.54) is 30.6 Å². The van der Waals surface area contributed by atoms with Crippen molar-refractivity contribution >= 4 is 21.6 Å². The van der Waals surface area contributed by atoms with Gasteiger partial charge in [0.05, 0.1) is 0 Å². The Bertz CT molecular complexity index is 333. The molecule has 1 aliphatic rings. The number of hydrogen-bond donors (Lipinski definition) is 0. The van der Waals surface area contributed by atoms with Crippen LogP contribution in [0.15, 0.2) is 24.3 Å². The molecule has 2 unspecified atom stereocenters. The molecule has 0 aliphatic carbocycles. The summed E-state index contributed by atoms with van der Waals surface area (Å²) in [7, 11) is 0. The van der Waals surface area contributed by atoms with Gasteiger partial charge in [-0.05, 0) is 43.4 Å². The van der Waals surface area contributed by atoms with Crippen molar-refractivity contribution in [3.05, 3.63) is 29.8 Å². The lowest BCUT2D eigenvalue weighted by Crippen LogP contribution is -2.41.